The van der Waals surface area contributed by atoms with Gasteiger partial charge in [-0.15, -0.1) is 28.2 Å². The SMILES string of the molecule is CC[Si](C#Cc1c2cc3ccsc3cc2c(C#CS(CC)(CC)CC)c2cc3ccsc3cc12)(CC)CC. The monoisotopic (exact) mass is 570 g/mol. The maximum absolute atomic E-state index is 3.93. The van der Waals surface area contributed by atoms with E-state index in [4.69, 9.17) is 0 Å². The summed E-state index contributed by atoms with van der Waals surface area (Å²) in [6, 6.07) is 17.7. The van der Waals surface area contributed by atoms with E-state index < -0.39 is 18.1 Å². The van der Waals surface area contributed by atoms with Crippen LogP contribution >= 0.6 is 32.7 Å². The lowest BCUT2D eigenvalue weighted by Gasteiger charge is -2.30. The molecule has 0 amide bonds. The Morgan fingerprint density at radius 2 is 1.08 bits per heavy atom. The molecule has 0 aliphatic carbocycles. The Morgan fingerprint density at radius 3 is 1.53 bits per heavy atom. The van der Waals surface area contributed by atoms with Gasteiger partial charge in [-0.1, -0.05) is 53.4 Å². The first kappa shape index (κ1) is 27.4. The van der Waals surface area contributed by atoms with Gasteiger partial charge in [0.2, 0.25) is 0 Å². The van der Waals surface area contributed by atoms with Crippen molar-refractivity contribution in [3.63, 3.8) is 0 Å². The summed E-state index contributed by atoms with van der Waals surface area (Å²) in [4.78, 5) is 0. The van der Waals surface area contributed by atoms with Crippen LogP contribution in [-0.2, 0) is 0 Å². The second-order valence-electron chi connectivity index (χ2n) is 10.2. The summed E-state index contributed by atoms with van der Waals surface area (Å²) in [5, 5.41) is 16.0. The molecule has 0 unspecified atom stereocenters. The molecule has 2 aromatic heterocycles. The van der Waals surface area contributed by atoms with Gasteiger partial charge in [-0.25, -0.2) is 0 Å². The molecule has 2 heterocycles. The Balaban J connectivity index is 1.96. The number of benzene rings is 3. The fourth-order valence-electron chi connectivity index (χ4n) is 5.60. The number of hydrogen-bond donors (Lipinski definition) is 0. The van der Waals surface area contributed by atoms with Gasteiger partial charge >= 0.3 is 0 Å². The van der Waals surface area contributed by atoms with Crippen LogP contribution in [0.3, 0.4) is 0 Å². The molecule has 196 valence electrons. The highest BCUT2D eigenvalue weighted by Crippen LogP contribution is 2.46. The standard InChI is InChI=1S/C34H38S3Si/c1-7-37(8-2,9-3)19-15-27-29-21-25-13-17-36-34(25)24-32(29)28(16-20-38(10-4,11-5)12-6)30-22-26-14-18-35-33(26)23-31(27)30/h13-14,17-18,21-24H,7-12H2,1-6H3. The van der Waals surface area contributed by atoms with Crippen LogP contribution in [0.1, 0.15) is 52.7 Å². The maximum atomic E-state index is 3.93. The molecule has 5 rings (SSSR count). The van der Waals surface area contributed by atoms with Crippen LogP contribution in [0.25, 0.3) is 41.7 Å². The van der Waals surface area contributed by atoms with Gasteiger partial charge in [-0.2, -0.15) is 10.0 Å². The average molecular weight is 571 g/mol. The van der Waals surface area contributed by atoms with Gasteiger partial charge < -0.3 is 0 Å². The highest BCUT2D eigenvalue weighted by atomic mass is 32.3. The first-order valence-corrected chi connectivity index (χ1v) is 20.6. The summed E-state index contributed by atoms with van der Waals surface area (Å²) in [5.74, 6) is 11.2. The van der Waals surface area contributed by atoms with Gasteiger partial charge in [0.15, 0.2) is 0 Å². The summed E-state index contributed by atoms with van der Waals surface area (Å²) < 4.78 is 2.66. The van der Waals surface area contributed by atoms with Crippen LogP contribution in [-0.4, -0.2) is 25.3 Å². The van der Waals surface area contributed by atoms with Crippen molar-refractivity contribution in [2.24, 2.45) is 0 Å². The Kier molecular flexibility index (Phi) is 8.00. The van der Waals surface area contributed by atoms with E-state index in [9.17, 15) is 0 Å². The second-order valence-corrected chi connectivity index (χ2v) is 21.0. The molecule has 38 heavy (non-hydrogen) atoms. The van der Waals surface area contributed by atoms with Gasteiger partial charge in [0.05, 0.1) is 0 Å². The van der Waals surface area contributed by atoms with Crippen LogP contribution in [0.15, 0.2) is 47.2 Å². The number of hydrogen-bond acceptors (Lipinski definition) is 2. The van der Waals surface area contributed by atoms with Crippen molar-refractivity contribution in [3.8, 4) is 22.6 Å². The summed E-state index contributed by atoms with van der Waals surface area (Å²) in [7, 11) is -2.54. The van der Waals surface area contributed by atoms with Crippen molar-refractivity contribution < 1.29 is 0 Å². The quantitative estimate of drug-likeness (QED) is 0.108. The highest BCUT2D eigenvalue weighted by Gasteiger charge is 2.25. The molecule has 0 nitrogen and oxygen atoms in total. The average Bonchev–Trinajstić information content (AvgIpc) is 3.62. The molecule has 0 spiro atoms. The van der Waals surface area contributed by atoms with E-state index in [0.717, 1.165) is 17.3 Å². The van der Waals surface area contributed by atoms with Crippen molar-refractivity contribution >= 4 is 82.5 Å². The topological polar surface area (TPSA) is 0 Å². The van der Waals surface area contributed by atoms with Crippen molar-refractivity contribution in [3.05, 3.63) is 58.3 Å². The fraction of sp³-hybridized carbons (Fsp3) is 0.353. The number of thiophene rings is 2. The van der Waals surface area contributed by atoms with E-state index in [1.165, 1.54) is 71.0 Å². The van der Waals surface area contributed by atoms with E-state index in [2.05, 4.69) is 111 Å². The van der Waals surface area contributed by atoms with Crippen LogP contribution in [0, 0.1) is 22.6 Å². The van der Waals surface area contributed by atoms with Crippen molar-refractivity contribution in [1.29, 1.82) is 0 Å². The Morgan fingerprint density at radius 1 is 0.632 bits per heavy atom. The molecule has 0 aliphatic rings. The lowest BCUT2D eigenvalue weighted by atomic mass is 9.91. The van der Waals surface area contributed by atoms with Crippen LogP contribution in [0.5, 0.6) is 0 Å². The molecule has 0 saturated carbocycles. The van der Waals surface area contributed by atoms with Gasteiger partial charge in [-0.05, 0) is 109 Å². The smallest absolute Gasteiger partial charge is 0.138 e. The van der Waals surface area contributed by atoms with E-state index in [1.807, 2.05) is 22.7 Å². The number of fused-ring (bicyclic) bond motifs is 4. The predicted octanol–water partition coefficient (Wildman–Crippen LogP) is 11.0. The lowest BCUT2D eigenvalue weighted by Crippen LogP contribution is -2.29. The minimum atomic E-state index is -1.61. The summed E-state index contributed by atoms with van der Waals surface area (Å²) in [5.41, 5.74) is 6.33. The van der Waals surface area contributed by atoms with Crippen LogP contribution in [0.4, 0.5) is 0 Å². The second kappa shape index (κ2) is 11.1. The van der Waals surface area contributed by atoms with Crippen LogP contribution < -0.4 is 0 Å². The first-order chi connectivity index (χ1) is 18.5. The Labute approximate surface area is 239 Å². The van der Waals surface area contributed by atoms with Gasteiger partial charge in [0.25, 0.3) is 0 Å². The van der Waals surface area contributed by atoms with Crippen LogP contribution in [0.2, 0.25) is 18.1 Å². The minimum absolute atomic E-state index is 0.938. The predicted molar refractivity (Wildman–Crippen MR) is 182 cm³/mol. The molecule has 0 bridgehead atoms. The molecular weight excluding hydrogens is 533 g/mol. The minimum Gasteiger partial charge on any atom is -0.178 e. The molecule has 0 radical (unpaired) electrons. The van der Waals surface area contributed by atoms with Gasteiger partial charge in [0, 0.05) is 31.3 Å². The third kappa shape index (κ3) is 4.71. The maximum Gasteiger partial charge on any atom is 0.138 e. The molecule has 0 aliphatic heterocycles. The molecular formula is C34H38S3Si. The van der Waals surface area contributed by atoms with E-state index in [1.54, 1.807) is 0 Å². The summed E-state index contributed by atoms with van der Waals surface area (Å²) >= 11 is 3.64. The molecule has 0 N–H and O–H groups in total. The summed E-state index contributed by atoms with van der Waals surface area (Å²) in [6.45, 7) is 14.0. The third-order valence-electron chi connectivity index (χ3n) is 8.80. The zero-order valence-corrected chi connectivity index (χ0v) is 27.0. The van der Waals surface area contributed by atoms with Gasteiger partial charge in [-0.3, -0.25) is 0 Å². The normalized spacial score (nSPS) is 12.6. The summed E-state index contributed by atoms with van der Waals surface area (Å²) in [6.07, 6.45) is 0. The Hall–Kier alpha value is -2.21. The van der Waals surface area contributed by atoms with E-state index in [0.29, 0.717) is 0 Å². The molecule has 0 fully saturated rings. The van der Waals surface area contributed by atoms with Crippen molar-refractivity contribution in [1.82, 2.24) is 0 Å². The Bertz CT molecular complexity index is 1520. The van der Waals surface area contributed by atoms with Gasteiger partial charge in [0.1, 0.15) is 8.07 Å². The zero-order valence-electron chi connectivity index (χ0n) is 23.6. The molecule has 5 aromatic rings. The molecule has 3 aromatic carbocycles. The van der Waals surface area contributed by atoms with E-state index in [-0.39, 0.29) is 0 Å². The first-order valence-electron chi connectivity index (χ1n) is 14.1. The third-order valence-corrected chi connectivity index (χ3v) is 19.1. The molecule has 4 heteroatoms. The largest absolute Gasteiger partial charge is 0.178 e. The number of rotatable bonds is 6. The molecule has 0 saturated heterocycles. The van der Waals surface area contributed by atoms with Crippen molar-refractivity contribution in [2.75, 3.05) is 17.3 Å². The highest BCUT2D eigenvalue weighted by molar-refractivity contribution is 8.37. The van der Waals surface area contributed by atoms with E-state index >= 15 is 0 Å². The lowest BCUT2D eigenvalue weighted by molar-refractivity contribution is 1.20. The zero-order chi connectivity index (χ0) is 26.9. The fourth-order valence-corrected chi connectivity index (χ4v) is 11.6. The molecule has 0 atom stereocenters. The van der Waals surface area contributed by atoms with Crippen molar-refractivity contribution in [2.45, 2.75) is 59.7 Å².